The highest BCUT2D eigenvalue weighted by atomic mass is 16.5. The number of carbonyl (C=O) groups is 3. The number of hydrogen-bond acceptors (Lipinski definition) is 8. The molecule has 0 bridgehead atoms. The van der Waals surface area contributed by atoms with Gasteiger partial charge in [-0.3, -0.25) is 9.59 Å². The molecule has 0 saturated heterocycles. The lowest BCUT2D eigenvalue weighted by atomic mass is 9.69. The van der Waals surface area contributed by atoms with Crippen molar-refractivity contribution in [1.82, 2.24) is 5.32 Å². The highest BCUT2D eigenvalue weighted by Crippen LogP contribution is 2.46. The molecule has 2 aliphatic rings. The van der Waals surface area contributed by atoms with Gasteiger partial charge in [0.25, 0.3) is 0 Å². The second-order valence-corrected chi connectivity index (χ2v) is 8.77. The lowest BCUT2D eigenvalue weighted by molar-refractivity contribution is -0.151. The zero-order valence-electron chi connectivity index (χ0n) is 20.8. The maximum absolute atomic E-state index is 13.8. The molecule has 1 aromatic rings. The van der Waals surface area contributed by atoms with Crippen LogP contribution in [0.25, 0.3) is 0 Å². The van der Waals surface area contributed by atoms with Crippen molar-refractivity contribution in [3.63, 3.8) is 0 Å². The Hall–Kier alpha value is -3.29. The van der Waals surface area contributed by atoms with Crippen molar-refractivity contribution in [3.8, 4) is 11.5 Å². The van der Waals surface area contributed by atoms with Crippen molar-refractivity contribution < 1.29 is 33.3 Å². The fraction of sp³-hybridized carbons (Fsp3) is 0.500. The molecule has 1 aromatic carbocycles. The Bertz CT molecular complexity index is 1060. The van der Waals surface area contributed by atoms with Crippen LogP contribution in [0.1, 0.15) is 52.0 Å². The predicted octanol–water partition coefficient (Wildman–Crippen LogP) is 3.66. The van der Waals surface area contributed by atoms with Crippen molar-refractivity contribution in [2.24, 2.45) is 11.8 Å². The second-order valence-electron chi connectivity index (χ2n) is 8.77. The molecule has 3 rings (SSSR count). The van der Waals surface area contributed by atoms with Gasteiger partial charge >= 0.3 is 11.9 Å². The quantitative estimate of drug-likeness (QED) is 0.475. The van der Waals surface area contributed by atoms with Gasteiger partial charge in [-0.25, -0.2) is 4.79 Å². The number of allylic oxidation sites excluding steroid dienone is 3. The first-order valence-electron chi connectivity index (χ1n) is 11.4. The number of methoxy groups -OCH3 is 3. The van der Waals surface area contributed by atoms with Crippen LogP contribution < -0.4 is 14.8 Å². The topological polar surface area (TPSA) is 100 Å². The van der Waals surface area contributed by atoms with Gasteiger partial charge in [0.2, 0.25) is 0 Å². The highest BCUT2D eigenvalue weighted by molar-refractivity contribution is 6.12. The van der Waals surface area contributed by atoms with Gasteiger partial charge in [0, 0.05) is 22.9 Å². The maximum atomic E-state index is 13.8. The van der Waals surface area contributed by atoms with Gasteiger partial charge in [0.1, 0.15) is 5.92 Å². The number of nitrogens with one attached hydrogen (secondary N) is 1. The van der Waals surface area contributed by atoms with E-state index in [-0.39, 0.29) is 17.8 Å². The molecule has 8 nitrogen and oxygen atoms in total. The van der Waals surface area contributed by atoms with Gasteiger partial charge in [0.05, 0.1) is 33.0 Å². The number of benzene rings is 1. The lowest BCUT2D eigenvalue weighted by Gasteiger charge is -2.38. The molecule has 8 heteroatoms. The van der Waals surface area contributed by atoms with Crippen LogP contribution in [-0.4, -0.2) is 45.2 Å². The zero-order valence-corrected chi connectivity index (χ0v) is 20.8. The molecule has 0 radical (unpaired) electrons. The fourth-order valence-corrected chi connectivity index (χ4v) is 4.65. The molecule has 1 N–H and O–H groups in total. The van der Waals surface area contributed by atoms with Crippen LogP contribution in [0.4, 0.5) is 0 Å². The molecule has 1 aliphatic carbocycles. The van der Waals surface area contributed by atoms with E-state index in [1.165, 1.54) is 21.3 Å². The van der Waals surface area contributed by atoms with Gasteiger partial charge in [-0.2, -0.15) is 0 Å². The van der Waals surface area contributed by atoms with E-state index in [0.717, 1.165) is 0 Å². The highest BCUT2D eigenvalue weighted by Gasteiger charge is 2.47. The average molecular weight is 472 g/mol. The minimum atomic E-state index is -0.946. The summed E-state index contributed by atoms with van der Waals surface area (Å²) >= 11 is 0. The van der Waals surface area contributed by atoms with Crippen molar-refractivity contribution in [3.05, 3.63) is 46.3 Å². The van der Waals surface area contributed by atoms with Gasteiger partial charge in [-0.15, -0.1) is 0 Å². The van der Waals surface area contributed by atoms with Crippen LogP contribution in [0, 0.1) is 11.8 Å². The standard InChI is InChI=1S/C26H33NO7/c1-8-14(3)34-26(30)21-15(4)27-17-11-13(2)20(25(29)33-7)24(28)23(17)22(21)16-9-10-18(31-5)19(12-16)32-6/h9-10,12-14,20,22,27H,8,11H2,1-7H3. The van der Waals surface area contributed by atoms with Crippen molar-refractivity contribution in [1.29, 1.82) is 0 Å². The van der Waals surface area contributed by atoms with Crippen LogP contribution in [0.2, 0.25) is 0 Å². The van der Waals surface area contributed by atoms with E-state index in [1.54, 1.807) is 25.1 Å². The second kappa shape index (κ2) is 10.3. The Balaban J connectivity index is 2.21. The molecule has 4 atom stereocenters. The van der Waals surface area contributed by atoms with E-state index >= 15 is 0 Å². The normalized spacial score (nSPS) is 23.0. The molecule has 34 heavy (non-hydrogen) atoms. The largest absolute Gasteiger partial charge is 0.493 e. The number of rotatable bonds is 7. The van der Waals surface area contributed by atoms with Gasteiger partial charge in [-0.05, 0) is 50.3 Å². The van der Waals surface area contributed by atoms with Crippen LogP contribution >= 0.6 is 0 Å². The number of ether oxygens (including phenoxy) is 4. The lowest BCUT2D eigenvalue weighted by Crippen LogP contribution is -2.43. The number of carbonyl (C=O) groups excluding carboxylic acids is 3. The molecule has 1 aliphatic heterocycles. The molecular formula is C26H33NO7. The Morgan fingerprint density at radius 2 is 1.82 bits per heavy atom. The maximum Gasteiger partial charge on any atom is 0.337 e. The van der Waals surface area contributed by atoms with E-state index in [0.29, 0.717) is 52.4 Å². The summed E-state index contributed by atoms with van der Waals surface area (Å²) in [6.07, 6.45) is 0.830. The SMILES string of the molecule is CCC(C)OC(=O)C1=C(C)NC2=C(C(=O)C(C(=O)OC)C(C)C2)C1c1ccc(OC)c(OC)c1. The molecular weight excluding hydrogens is 438 g/mol. The van der Waals surface area contributed by atoms with E-state index < -0.39 is 23.8 Å². The Morgan fingerprint density at radius 1 is 1.15 bits per heavy atom. The number of Topliss-reactive ketones (excluding diaryl/α,β-unsaturated/α-hetero) is 1. The molecule has 0 spiro atoms. The van der Waals surface area contributed by atoms with Crippen LogP contribution in [0.15, 0.2) is 40.7 Å². The zero-order chi connectivity index (χ0) is 25.2. The first-order valence-corrected chi connectivity index (χ1v) is 11.4. The first kappa shape index (κ1) is 25.3. The van der Waals surface area contributed by atoms with Crippen LogP contribution in [-0.2, 0) is 23.9 Å². The molecule has 0 fully saturated rings. The number of dihydropyridines is 1. The van der Waals surface area contributed by atoms with Crippen LogP contribution in [0.3, 0.4) is 0 Å². The molecule has 0 aromatic heterocycles. The third-order valence-electron chi connectivity index (χ3n) is 6.59. The minimum Gasteiger partial charge on any atom is -0.493 e. The van der Waals surface area contributed by atoms with E-state index in [9.17, 15) is 14.4 Å². The summed E-state index contributed by atoms with van der Waals surface area (Å²) < 4.78 is 21.5. The summed E-state index contributed by atoms with van der Waals surface area (Å²) in [5.74, 6) is -2.38. The first-order chi connectivity index (χ1) is 16.2. The van der Waals surface area contributed by atoms with Crippen molar-refractivity contribution in [2.45, 2.75) is 52.6 Å². The van der Waals surface area contributed by atoms with Crippen molar-refractivity contribution in [2.75, 3.05) is 21.3 Å². The summed E-state index contributed by atoms with van der Waals surface area (Å²) in [7, 11) is 4.33. The van der Waals surface area contributed by atoms with E-state index in [4.69, 9.17) is 18.9 Å². The third kappa shape index (κ3) is 4.54. The van der Waals surface area contributed by atoms with Gasteiger partial charge in [0.15, 0.2) is 17.3 Å². The Kier molecular flexibility index (Phi) is 7.69. The summed E-state index contributed by atoms with van der Waals surface area (Å²) in [5, 5.41) is 3.26. The number of hydrogen-bond donors (Lipinski definition) is 1. The number of ketones is 1. The van der Waals surface area contributed by atoms with Crippen LogP contribution in [0.5, 0.6) is 11.5 Å². The summed E-state index contributed by atoms with van der Waals surface area (Å²) in [6, 6.07) is 5.28. The van der Waals surface area contributed by atoms with Gasteiger partial charge in [-0.1, -0.05) is 19.9 Å². The summed E-state index contributed by atoms with van der Waals surface area (Å²) in [5.41, 5.74) is 2.69. The average Bonchev–Trinajstić information content (AvgIpc) is 2.82. The van der Waals surface area contributed by atoms with Crippen molar-refractivity contribution >= 4 is 17.7 Å². The third-order valence-corrected chi connectivity index (χ3v) is 6.59. The Labute approximate surface area is 200 Å². The Morgan fingerprint density at radius 3 is 2.41 bits per heavy atom. The molecule has 0 amide bonds. The minimum absolute atomic E-state index is 0.251. The molecule has 0 saturated carbocycles. The molecule has 4 unspecified atom stereocenters. The summed E-state index contributed by atoms with van der Waals surface area (Å²) in [6.45, 7) is 7.40. The van der Waals surface area contributed by atoms with E-state index in [1.807, 2.05) is 20.8 Å². The smallest absolute Gasteiger partial charge is 0.337 e. The molecule has 184 valence electrons. The van der Waals surface area contributed by atoms with Gasteiger partial charge < -0.3 is 24.3 Å². The molecule has 1 heterocycles. The van der Waals surface area contributed by atoms with E-state index in [2.05, 4.69) is 5.32 Å². The predicted molar refractivity (Wildman–Crippen MR) is 125 cm³/mol. The fourth-order valence-electron chi connectivity index (χ4n) is 4.65. The summed E-state index contributed by atoms with van der Waals surface area (Å²) in [4.78, 5) is 39.6. The monoisotopic (exact) mass is 471 g/mol. The number of esters is 2.